The number of rotatable bonds is 5. The van der Waals surface area contributed by atoms with Gasteiger partial charge in [0.1, 0.15) is 0 Å². The van der Waals surface area contributed by atoms with Crippen LogP contribution in [-0.2, 0) is 15.8 Å². The zero-order valence-electron chi connectivity index (χ0n) is 17.1. The Balaban J connectivity index is 1.59. The number of carbonyl (C=O) groups is 2. The van der Waals surface area contributed by atoms with E-state index < -0.39 is 45.9 Å². The van der Waals surface area contributed by atoms with Crippen molar-refractivity contribution in [2.45, 2.75) is 12.6 Å². The van der Waals surface area contributed by atoms with Crippen LogP contribution in [0, 0.1) is 21.8 Å². The van der Waals surface area contributed by atoms with Crippen LogP contribution in [0.25, 0.3) is 5.69 Å². The van der Waals surface area contributed by atoms with E-state index in [-0.39, 0.29) is 30.0 Å². The van der Waals surface area contributed by atoms with Crippen molar-refractivity contribution < 1.29 is 32.1 Å². The molecule has 1 saturated heterocycles. The molecule has 0 spiro atoms. The average Bonchev–Trinajstić information content (AvgIpc) is 3.43. The number of amides is 2. The maximum atomic E-state index is 13.6. The van der Waals surface area contributed by atoms with Crippen LogP contribution in [0.4, 0.5) is 34.6 Å². The number of carbonyl (C=O) groups excluding carboxylic acids is 2. The number of hydrogen-bond acceptors (Lipinski definition) is 5. The van der Waals surface area contributed by atoms with Gasteiger partial charge in [-0.3, -0.25) is 19.7 Å². The van der Waals surface area contributed by atoms with Crippen LogP contribution in [0.15, 0.2) is 54.9 Å². The van der Waals surface area contributed by atoms with E-state index >= 15 is 0 Å². The summed E-state index contributed by atoms with van der Waals surface area (Å²) in [6.07, 6.45) is -2.04. The topological polar surface area (TPSA) is 110 Å². The second kappa shape index (κ2) is 8.57. The molecular weight excluding hydrogens is 462 g/mol. The molecule has 0 unspecified atom stereocenters. The van der Waals surface area contributed by atoms with Gasteiger partial charge in [-0.2, -0.15) is 22.7 Å². The van der Waals surface area contributed by atoms with Crippen molar-refractivity contribution in [3.05, 3.63) is 76.4 Å². The number of alkyl halides is 3. The molecule has 3 aromatic rings. The van der Waals surface area contributed by atoms with E-state index in [1.807, 2.05) is 0 Å². The smallest absolute Gasteiger partial charge is 0.324 e. The third-order valence-electron chi connectivity index (χ3n) is 5.27. The first-order valence-electron chi connectivity index (χ1n) is 9.81. The van der Waals surface area contributed by atoms with Crippen molar-refractivity contribution in [3.8, 4) is 5.69 Å². The Labute approximate surface area is 188 Å². The summed E-state index contributed by atoms with van der Waals surface area (Å²) in [7, 11) is 0. The van der Waals surface area contributed by atoms with E-state index in [0.29, 0.717) is 0 Å². The molecule has 4 rings (SSSR count). The molecule has 34 heavy (non-hydrogen) atoms. The van der Waals surface area contributed by atoms with E-state index in [1.54, 1.807) is 6.07 Å². The summed E-state index contributed by atoms with van der Waals surface area (Å²) in [4.78, 5) is 36.5. The molecule has 0 bridgehead atoms. The van der Waals surface area contributed by atoms with Gasteiger partial charge in [-0.05, 0) is 36.4 Å². The van der Waals surface area contributed by atoms with Crippen LogP contribution in [0.5, 0.6) is 0 Å². The lowest BCUT2D eigenvalue weighted by Gasteiger charge is -2.18. The van der Waals surface area contributed by atoms with Crippen LogP contribution in [0.3, 0.4) is 0 Å². The monoisotopic (exact) mass is 477 g/mol. The van der Waals surface area contributed by atoms with Crippen molar-refractivity contribution in [1.29, 1.82) is 0 Å². The lowest BCUT2D eigenvalue weighted by molar-refractivity contribution is -0.387. The third-order valence-corrected chi connectivity index (χ3v) is 5.27. The third kappa shape index (κ3) is 4.44. The lowest BCUT2D eigenvalue weighted by atomic mass is 10.1. The summed E-state index contributed by atoms with van der Waals surface area (Å²) in [6, 6.07) is 7.24. The Bertz CT molecular complexity index is 1280. The summed E-state index contributed by atoms with van der Waals surface area (Å²) in [6.45, 7) is -0.191. The second-order valence-electron chi connectivity index (χ2n) is 7.47. The molecule has 0 saturated carbocycles. The van der Waals surface area contributed by atoms with Gasteiger partial charge < -0.3 is 10.2 Å². The van der Waals surface area contributed by atoms with E-state index in [0.717, 1.165) is 35.2 Å². The van der Waals surface area contributed by atoms with E-state index in [4.69, 9.17) is 0 Å². The molecular formula is C21H15F4N5O4. The molecule has 1 fully saturated rings. The molecule has 1 aliphatic rings. The number of nitrogens with zero attached hydrogens (tertiary/aromatic N) is 4. The molecule has 2 heterocycles. The molecule has 1 aromatic heterocycles. The van der Waals surface area contributed by atoms with Crippen LogP contribution in [0.1, 0.15) is 12.0 Å². The molecule has 2 amide bonds. The van der Waals surface area contributed by atoms with Crippen molar-refractivity contribution >= 4 is 28.9 Å². The van der Waals surface area contributed by atoms with E-state index in [9.17, 15) is 37.3 Å². The minimum Gasteiger partial charge on any atom is -0.324 e. The Morgan fingerprint density at radius 3 is 2.62 bits per heavy atom. The highest BCUT2D eigenvalue weighted by Crippen LogP contribution is 2.34. The summed E-state index contributed by atoms with van der Waals surface area (Å²) < 4.78 is 54.6. The number of nitro groups is 1. The minimum absolute atomic E-state index is 0.0321. The molecule has 2 aromatic carbocycles. The molecule has 1 N–H and O–H groups in total. The van der Waals surface area contributed by atoms with E-state index in [1.165, 1.54) is 23.1 Å². The Hall–Kier alpha value is -4.29. The summed E-state index contributed by atoms with van der Waals surface area (Å²) in [5, 5.41) is 17.4. The normalized spacial score (nSPS) is 16.1. The van der Waals surface area contributed by atoms with Gasteiger partial charge in [-0.1, -0.05) is 0 Å². The predicted molar refractivity (Wildman–Crippen MR) is 111 cm³/mol. The molecule has 9 nitrogen and oxygen atoms in total. The first kappa shape index (κ1) is 22.9. The van der Waals surface area contributed by atoms with Gasteiger partial charge in [0.2, 0.25) is 17.6 Å². The van der Waals surface area contributed by atoms with Crippen molar-refractivity contribution in [3.63, 3.8) is 0 Å². The van der Waals surface area contributed by atoms with Gasteiger partial charge in [0.05, 0.1) is 33.5 Å². The Morgan fingerprint density at radius 2 is 1.97 bits per heavy atom. The number of benzene rings is 2. The fourth-order valence-electron chi connectivity index (χ4n) is 3.60. The lowest BCUT2D eigenvalue weighted by Crippen LogP contribution is -2.28. The van der Waals surface area contributed by atoms with Crippen molar-refractivity contribution in [2.75, 3.05) is 16.8 Å². The van der Waals surface area contributed by atoms with Gasteiger partial charge in [-0.25, -0.2) is 4.68 Å². The van der Waals surface area contributed by atoms with Crippen LogP contribution >= 0.6 is 0 Å². The summed E-state index contributed by atoms with van der Waals surface area (Å²) in [5.41, 5.74) is -1.76. The molecule has 176 valence electrons. The summed E-state index contributed by atoms with van der Waals surface area (Å²) in [5.74, 6) is -3.31. The Kier molecular flexibility index (Phi) is 5.77. The number of aromatic nitrogens is 2. The van der Waals surface area contributed by atoms with Crippen LogP contribution in [0.2, 0.25) is 0 Å². The van der Waals surface area contributed by atoms with Crippen LogP contribution in [-0.4, -0.2) is 33.1 Å². The maximum Gasteiger partial charge on any atom is 0.416 e. The number of nitro benzene ring substituents is 1. The fraction of sp³-hybridized carbons (Fsp3) is 0.190. The molecule has 1 atom stereocenters. The molecule has 0 radical (unpaired) electrons. The fourth-order valence-corrected chi connectivity index (χ4v) is 3.60. The molecule has 1 aliphatic heterocycles. The highest BCUT2D eigenvalue weighted by Gasteiger charge is 2.37. The average molecular weight is 477 g/mol. The zero-order chi connectivity index (χ0) is 24.6. The number of hydrogen-bond donors (Lipinski definition) is 1. The molecule has 13 heteroatoms. The quantitative estimate of drug-likeness (QED) is 0.340. The van der Waals surface area contributed by atoms with Crippen molar-refractivity contribution in [2.24, 2.45) is 5.92 Å². The number of anilines is 2. The Morgan fingerprint density at radius 1 is 1.21 bits per heavy atom. The van der Waals surface area contributed by atoms with Gasteiger partial charge in [0.25, 0.3) is 0 Å². The highest BCUT2D eigenvalue weighted by atomic mass is 19.4. The summed E-state index contributed by atoms with van der Waals surface area (Å²) >= 11 is 0. The first-order valence-corrected chi connectivity index (χ1v) is 9.81. The maximum absolute atomic E-state index is 13.6. The predicted octanol–water partition coefficient (Wildman–Crippen LogP) is 3.93. The van der Waals surface area contributed by atoms with E-state index in [2.05, 4.69) is 10.4 Å². The van der Waals surface area contributed by atoms with Gasteiger partial charge >= 0.3 is 11.9 Å². The van der Waals surface area contributed by atoms with Crippen LogP contribution < -0.4 is 10.2 Å². The second-order valence-corrected chi connectivity index (χ2v) is 7.47. The first-order chi connectivity index (χ1) is 16.0. The number of nitrogens with one attached hydrogen (secondary N) is 1. The van der Waals surface area contributed by atoms with Gasteiger partial charge in [-0.15, -0.1) is 0 Å². The van der Waals surface area contributed by atoms with Gasteiger partial charge in [0.15, 0.2) is 0 Å². The standard InChI is InChI=1S/C21H15F4N5O4/c22-15-4-3-14(10-18(15)30(33)34)28-11-12(8-19(28)31)20(32)27-16-9-13(21(23,24)25)2-5-17(16)29-7-1-6-26-29/h1-7,9-10,12H,8,11H2,(H,27,32)/t12-/m1/s1. The largest absolute Gasteiger partial charge is 0.416 e. The minimum atomic E-state index is -4.65. The van der Waals surface area contributed by atoms with Gasteiger partial charge in [0, 0.05) is 31.4 Å². The highest BCUT2D eigenvalue weighted by molar-refractivity contribution is 6.04. The van der Waals surface area contributed by atoms with Crippen molar-refractivity contribution in [1.82, 2.24) is 9.78 Å². The number of halogens is 4. The SMILES string of the molecule is O=C(Nc1cc(C(F)(F)F)ccc1-n1cccn1)[C@@H]1CC(=O)N(c2ccc(F)c([N+](=O)[O-])c2)C1. The molecule has 0 aliphatic carbocycles. The zero-order valence-corrected chi connectivity index (χ0v) is 17.1.